The Balaban J connectivity index is 2.35. The number of ether oxygens (including phenoxy) is 1. The van der Waals surface area contributed by atoms with Crippen LogP contribution in [0.2, 0.25) is 0 Å². The SMILES string of the molecule is COC(=O)[C@H]1CCCCN1S(=O)(=O)c1ccccc1. The first-order valence-electron chi connectivity index (χ1n) is 6.22. The Bertz CT molecular complexity index is 541. The minimum absolute atomic E-state index is 0.214. The van der Waals surface area contributed by atoms with Gasteiger partial charge in [-0.1, -0.05) is 18.2 Å². The van der Waals surface area contributed by atoms with E-state index in [0.717, 1.165) is 12.8 Å². The molecule has 0 spiro atoms. The smallest absolute Gasteiger partial charge is 0.324 e. The Labute approximate surface area is 113 Å². The highest BCUT2D eigenvalue weighted by molar-refractivity contribution is 7.89. The van der Waals surface area contributed by atoms with Crippen molar-refractivity contribution in [3.05, 3.63) is 30.3 Å². The van der Waals surface area contributed by atoms with Gasteiger partial charge >= 0.3 is 5.97 Å². The van der Waals surface area contributed by atoms with E-state index in [4.69, 9.17) is 4.74 Å². The number of esters is 1. The second-order valence-corrected chi connectivity index (χ2v) is 6.35. The quantitative estimate of drug-likeness (QED) is 0.787. The van der Waals surface area contributed by atoms with E-state index in [0.29, 0.717) is 13.0 Å². The van der Waals surface area contributed by atoms with Gasteiger partial charge in [0.25, 0.3) is 0 Å². The molecule has 0 radical (unpaired) electrons. The molecule has 19 heavy (non-hydrogen) atoms. The highest BCUT2D eigenvalue weighted by atomic mass is 32.2. The monoisotopic (exact) mass is 283 g/mol. The van der Waals surface area contributed by atoms with Crippen LogP contribution < -0.4 is 0 Å². The van der Waals surface area contributed by atoms with Crippen LogP contribution in [0.5, 0.6) is 0 Å². The van der Waals surface area contributed by atoms with E-state index in [1.165, 1.54) is 23.5 Å². The molecule has 5 nitrogen and oxygen atoms in total. The average Bonchev–Trinajstić information content (AvgIpc) is 2.47. The molecule has 1 aromatic rings. The lowest BCUT2D eigenvalue weighted by Crippen LogP contribution is -2.48. The minimum Gasteiger partial charge on any atom is -0.468 e. The van der Waals surface area contributed by atoms with Crippen molar-refractivity contribution >= 4 is 16.0 Å². The maximum absolute atomic E-state index is 12.5. The van der Waals surface area contributed by atoms with Crippen molar-refractivity contribution in [2.24, 2.45) is 0 Å². The fourth-order valence-corrected chi connectivity index (χ4v) is 3.96. The average molecular weight is 283 g/mol. The van der Waals surface area contributed by atoms with E-state index >= 15 is 0 Å². The van der Waals surface area contributed by atoms with Gasteiger partial charge in [0.2, 0.25) is 10.0 Å². The third-order valence-electron chi connectivity index (χ3n) is 3.28. The summed E-state index contributed by atoms with van der Waals surface area (Å²) in [6.45, 7) is 0.358. The second-order valence-electron chi connectivity index (χ2n) is 4.46. The fraction of sp³-hybridized carbons (Fsp3) is 0.462. The first-order chi connectivity index (χ1) is 9.07. The first kappa shape index (κ1) is 14.0. The summed E-state index contributed by atoms with van der Waals surface area (Å²) >= 11 is 0. The Hall–Kier alpha value is -1.40. The molecule has 0 bridgehead atoms. The zero-order valence-corrected chi connectivity index (χ0v) is 11.6. The summed E-state index contributed by atoms with van der Waals surface area (Å²) < 4.78 is 31.0. The number of nitrogens with zero attached hydrogens (tertiary/aromatic N) is 1. The number of benzene rings is 1. The highest BCUT2D eigenvalue weighted by Gasteiger charge is 2.38. The van der Waals surface area contributed by atoms with Crippen LogP contribution in [0.3, 0.4) is 0 Å². The lowest BCUT2D eigenvalue weighted by atomic mass is 10.1. The Morgan fingerprint density at radius 1 is 1.26 bits per heavy atom. The molecule has 2 rings (SSSR count). The topological polar surface area (TPSA) is 63.7 Å². The number of hydrogen-bond acceptors (Lipinski definition) is 4. The van der Waals surface area contributed by atoms with Crippen LogP contribution in [0.4, 0.5) is 0 Å². The number of rotatable bonds is 3. The van der Waals surface area contributed by atoms with E-state index in [1.54, 1.807) is 18.2 Å². The standard InChI is InChI=1S/C13H17NO4S/c1-18-13(15)12-9-5-6-10-14(12)19(16,17)11-7-3-2-4-8-11/h2-4,7-8,12H,5-6,9-10H2,1H3/t12-/m1/s1. The summed E-state index contributed by atoms with van der Waals surface area (Å²) in [4.78, 5) is 11.9. The van der Waals surface area contributed by atoms with Gasteiger partial charge in [-0.05, 0) is 31.4 Å². The van der Waals surface area contributed by atoms with Gasteiger partial charge in [0, 0.05) is 6.54 Å². The van der Waals surface area contributed by atoms with Crippen LogP contribution in [-0.2, 0) is 19.6 Å². The van der Waals surface area contributed by atoms with E-state index < -0.39 is 22.0 Å². The van der Waals surface area contributed by atoms with Crippen molar-refractivity contribution in [3.8, 4) is 0 Å². The second kappa shape index (κ2) is 5.71. The summed E-state index contributed by atoms with van der Waals surface area (Å²) in [6, 6.07) is 7.47. The highest BCUT2D eigenvalue weighted by Crippen LogP contribution is 2.25. The predicted molar refractivity (Wildman–Crippen MR) is 70.0 cm³/mol. The summed E-state index contributed by atoms with van der Waals surface area (Å²) in [5.74, 6) is -0.487. The van der Waals surface area contributed by atoms with E-state index in [-0.39, 0.29) is 4.90 Å². The number of carbonyl (C=O) groups is 1. The van der Waals surface area contributed by atoms with Crippen molar-refractivity contribution in [2.45, 2.75) is 30.2 Å². The predicted octanol–water partition coefficient (Wildman–Crippen LogP) is 1.40. The molecule has 0 aliphatic carbocycles. The molecule has 0 saturated carbocycles. The lowest BCUT2D eigenvalue weighted by Gasteiger charge is -2.32. The molecule has 0 N–H and O–H groups in total. The summed E-state index contributed by atoms with van der Waals surface area (Å²) in [7, 11) is -2.35. The zero-order valence-electron chi connectivity index (χ0n) is 10.8. The summed E-state index contributed by atoms with van der Waals surface area (Å²) in [5.41, 5.74) is 0. The lowest BCUT2D eigenvalue weighted by molar-refractivity contribution is -0.146. The molecule has 6 heteroatoms. The molecule has 1 atom stereocenters. The van der Waals surface area contributed by atoms with Crippen LogP contribution in [0.1, 0.15) is 19.3 Å². The number of piperidine rings is 1. The molecule has 0 aromatic heterocycles. The molecule has 0 amide bonds. The molecule has 1 heterocycles. The van der Waals surface area contributed by atoms with Crippen LogP contribution in [-0.4, -0.2) is 38.4 Å². The van der Waals surface area contributed by atoms with Crippen LogP contribution in [0.15, 0.2) is 35.2 Å². The van der Waals surface area contributed by atoms with E-state index in [2.05, 4.69) is 0 Å². The third-order valence-corrected chi connectivity index (χ3v) is 5.20. The van der Waals surface area contributed by atoms with Crippen LogP contribution in [0.25, 0.3) is 0 Å². The van der Waals surface area contributed by atoms with E-state index in [9.17, 15) is 13.2 Å². The third kappa shape index (κ3) is 2.79. The molecule has 1 aliphatic rings. The van der Waals surface area contributed by atoms with E-state index in [1.807, 2.05) is 0 Å². The van der Waals surface area contributed by atoms with Crippen LogP contribution in [0, 0.1) is 0 Å². The number of hydrogen-bond donors (Lipinski definition) is 0. The summed E-state index contributed by atoms with van der Waals surface area (Å²) in [6.07, 6.45) is 2.11. The zero-order chi connectivity index (χ0) is 13.9. The van der Waals surface area contributed by atoms with Crippen molar-refractivity contribution in [3.63, 3.8) is 0 Å². The molecule has 0 unspecified atom stereocenters. The largest absolute Gasteiger partial charge is 0.468 e. The maximum atomic E-state index is 12.5. The first-order valence-corrected chi connectivity index (χ1v) is 7.66. The van der Waals surface area contributed by atoms with Gasteiger partial charge in [-0.15, -0.1) is 0 Å². The number of sulfonamides is 1. The van der Waals surface area contributed by atoms with Crippen molar-refractivity contribution < 1.29 is 17.9 Å². The Morgan fingerprint density at radius 3 is 2.58 bits per heavy atom. The van der Waals surface area contributed by atoms with Gasteiger partial charge in [-0.2, -0.15) is 4.31 Å². The van der Waals surface area contributed by atoms with Gasteiger partial charge in [0.05, 0.1) is 12.0 Å². The molecule has 1 aromatic carbocycles. The number of carbonyl (C=O) groups excluding carboxylic acids is 1. The molecule has 1 aliphatic heterocycles. The van der Waals surface area contributed by atoms with Gasteiger partial charge in [-0.3, -0.25) is 4.79 Å². The molecule has 1 fully saturated rings. The molecule has 104 valence electrons. The number of methoxy groups -OCH3 is 1. The normalized spacial score (nSPS) is 21.0. The van der Waals surface area contributed by atoms with Crippen LogP contribution >= 0.6 is 0 Å². The van der Waals surface area contributed by atoms with Crippen molar-refractivity contribution in [2.75, 3.05) is 13.7 Å². The van der Waals surface area contributed by atoms with Gasteiger partial charge < -0.3 is 4.74 Å². The van der Waals surface area contributed by atoms with Gasteiger partial charge in [0.15, 0.2) is 0 Å². The molecular formula is C13H17NO4S. The van der Waals surface area contributed by atoms with Gasteiger partial charge in [-0.25, -0.2) is 8.42 Å². The maximum Gasteiger partial charge on any atom is 0.324 e. The summed E-state index contributed by atoms with van der Waals surface area (Å²) in [5, 5.41) is 0. The molecule has 1 saturated heterocycles. The molecular weight excluding hydrogens is 266 g/mol. The fourth-order valence-electron chi connectivity index (χ4n) is 2.29. The Morgan fingerprint density at radius 2 is 1.95 bits per heavy atom. The van der Waals surface area contributed by atoms with Crippen molar-refractivity contribution in [1.29, 1.82) is 0 Å². The van der Waals surface area contributed by atoms with Gasteiger partial charge in [0.1, 0.15) is 6.04 Å². The minimum atomic E-state index is -3.63. The van der Waals surface area contributed by atoms with Crippen molar-refractivity contribution in [1.82, 2.24) is 4.31 Å². The Kier molecular flexibility index (Phi) is 4.21.